The zero-order valence-corrected chi connectivity index (χ0v) is 7.24. The fourth-order valence-electron chi connectivity index (χ4n) is 1.00. The van der Waals surface area contributed by atoms with Gasteiger partial charge in [-0.1, -0.05) is 0 Å². The van der Waals surface area contributed by atoms with Crippen molar-refractivity contribution in [1.82, 2.24) is 4.98 Å². The van der Waals surface area contributed by atoms with Gasteiger partial charge in [0.1, 0.15) is 22.8 Å². The molecule has 1 aromatic heterocycles. The molecule has 13 heavy (non-hydrogen) atoms. The van der Waals surface area contributed by atoms with Gasteiger partial charge in [-0.05, 0) is 12.1 Å². The van der Waals surface area contributed by atoms with Gasteiger partial charge in [-0.2, -0.15) is 0 Å². The minimum atomic E-state index is -0.592. The van der Waals surface area contributed by atoms with E-state index in [9.17, 15) is 8.78 Å². The van der Waals surface area contributed by atoms with E-state index in [4.69, 9.17) is 0 Å². The molecule has 0 aliphatic heterocycles. The van der Waals surface area contributed by atoms with Gasteiger partial charge in [0.2, 0.25) is 0 Å². The molecule has 0 atom stereocenters. The molecule has 0 N–H and O–H groups in total. The first-order valence-corrected chi connectivity index (χ1v) is 4.42. The molecule has 1 radical (unpaired) electrons. The molecule has 65 valence electrons. The molecular weight excluding hydrogens is 192 g/mol. The van der Waals surface area contributed by atoms with E-state index in [2.05, 4.69) is 11.2 Å². The Labute approximate surface area is 77.7 Å². The lowest BCUT2D eigenvalue weighted by Gasteiger charge is -1.96. The van der Waals surface area contributed by atoms with Crippen LogP contribution in [0.1, 0.15) is 0 Å². The summed E-state index contributed by atoms with van der Waals surface area (Å²) in [4.78, 5) is 3.83. The topological polar surface area (TPSA) is 12.9 Å². The summed E-state index contributed by atoms with van der Waals surface area (Å²) < 4.78 is 25.5. The number of halogens is 2. The molecule has 0 unspecified atom stereocenters. The van der Waals surface area contributed by atoms with E-state index in [1.54, 1.807) is 5.38 Å². The average Bonchev–Trinajstić information content (AvgIpc) is 2.53. The van der Waals surface area contributed by atoms with Gasteiger partial charge in [0, 0.05) is 17.0 Å². The highest BCUT2D eigenvalue weighted by Crippen LogP contribution is 2.22. The summed E-state index contributed by atoms with van der Waals surface area (Å²) in [5.74, 6) is -1.18. The van der Waals surface area contributed by atoms with Crippen molar-refractivity contribution in [3.8, 4) is 10.6 Å². The third-order valence-corrected chi connectivity index (χ3v) is 2.27. The van der Waals surface area contributed by atoms with Crippen molar-refractivity contribution < 1.29 is 8.78 Å². The highest BCUT2D eigenvalue weighted by Gasteiger charge is 2.04. The van der Waals surface area contributed by atoms with Gasteiger partial charge < -0.3 is 0 Å². The van der Waals surface area contributed by atoms with Crippen molar-refractivity contribution in [1.29, 1.82) is 0 Å². The second-order valence-corrected chi connectivity index (χ2v) is 3.30. The zero-order chi connectivity index (χ0) is 9.26. The third kappa shape index (κ3) is 1.72. The predicted molar refractivity (Wildman–Crippen MR) is 46.3 cm³/mol. The number of hydrogen-bond acceptors (Lipinski definition) is 2. The molecule has 0 saturated carbocycles. The SMILES string of the molecule is Fc1cc(F)cc(-c2n[c]cs2)c1. The van der Waals surface area contributed by atoms with Gasteiger partial charge in [-0.3, -0.25) is 0 Å². The summed E-state index contributed by atoms with van der Waals surface area (Å²) in [5.41, 5.74) is 0.448. The lowest BCUT2D eigenvalue weighted by atomic mass is 10.2. The van der Waals surface area contributed by atoms with E-state index in [0.717, 1.165) is 6.07 Å². The molecule has 0 fully saturated rings. The van der Waals surface area contributed by atoms with Crippen LogP contribution in [0, 0.1) is 17.8 Å². The van der Waals surface area contributed by atoms with Crippen molar-refractivity contribution in [2.24, 2.45) is 0 Å². The number of rotatable bonds is 1. The van der Waals surface area contributed by atoms with Crippen molar-refractivity contribution >= 4 is 11.3 Å². The molecule has 0 amide bonds. The molecule has 2 rings (SSSR count). The Hall–Kier alpha value is -1.29. The maximum Gasteiger partial charge on any atom is 0.126 e. The Balaban J connectivity index is 2.53. The van der Waals surface area contributed by atoms with Gasteiger partial charge in [0.25, 0.3) is 0 Å². The maximum absolute atomic E-state index is 12.7. The van der Waals surface area contributed by atoms with Crippen LogP contribution in [-0.4, -0.2) is 4.98 Å². The van der Waals surface area contributed by atoms with Crippen LogP contribution >= 0.6 is 11.3 Å². The van der Waals surface area contributed by atoms with E-state index >= 15 is 0 Å². The van der Waals surface area contributed by atoms with Crippen molar-refractivity contribution in [3.05, 3.63) is 41.4 Å². The van der Waals surface area contributed by atoms with Crippen LogP contribution in [0.15, 0.2) is 23.6 Å². The first kappa shape index (κ1) is 8.31. The van der Waals surface area contributed by atoms with Crippen molar-refractivity contribution in [3.63, 3.8) is 0 Å². The molecular formula is C9H4F2NS. The summed E-state index contributed by atoms with van der Waals surface area (Å²) in [6.45, 7) is 0. The van der Waals surface area contributed by atoms with E-state index in [-0.39, 0.29) is 0 Å². The van der Waals surface area contributed by atoms with Crippen LogP contribution in [0.2, 0.25) is 0 Å². The Morgan fingerprint density at radius 3 is 2.38 bits per heavy atom. The van der Waals surface area contributed by atoms with Crippen LogP contribution in [0.25, 0.3) is 10.6 Å². The van der Waals surface area contributed by atoms with Crippen LogP contribution in [0.4, 0.5) is 8.78 Å². The molecule has 1 nitrogen and oxygen atoms in total. The Morgan fingerprint density at radius 2 is 1.85 bits per heavy atom. The summed E-state index contributed by atoms with van der Waals surface area (Å²) >= 11 is 1.29. The number of benzene rings is 1. The molecule has 2 aromatic rings. The second-order valence-electron chi connectivity index (χ2n) is 2.44. The first-order valence-electron chi connectivity index (χ1n) is 3.54. The lowest BCUT2D eigenvalue weighted by molar-refractivity contribution is 0.584. The number of hydrogen-bond donors (Lipinski definition) is 0. The normalized spacial score (nSPS) is 10.3. The molecule has 1 heterocycles. The minimum Gasteiger partial charge on any atom is -0.234 e. The smallest absolute Gasteiger partial charge is 0.126 e. The van der Waals surface area contributed by atoms with E-state index in [1.807, 2.05) is 0 Å². The average molecular weight is 196 g/mol. The van der Waals surface area contributed by atoms with Gasteiger partial charge in [-0.15, -0.1) is 11.3 Å². The monoisotopic (exact) mass is 196 g/mol. The van der Waals surface area contributed by atoms with E-state index < -0.39 is 11.6 Å². The predicted octanol–water partition coefficient (Wildman–Crippen LogP) is 2.89. The number of thiazole rings is 1. The number of aromatic nitrogens is 1. The maximum atomic E-state index is 12.7. The van der Waals surface area contributed by atoms with Gasteiger partial charge in [-0.25, -0.2) is 13.8 Å². The van der Waals surface area contributed by atoms with Crippen LogP contribution < -0.4 is 0 Å². The summed E-state index contributed by atoms with van der Waals surface area (Å²) in [6.07, 6.45) is 2.59. The van der Waals surface area contributed by atoms with Gasteiger partial charge in [0.15, 0.2) is 0 Å². The zero-order valence-electron chi connectivity index (χ0n) is 6.42. The molecule has 0 aliphatic rings. The molecule has 1 aromatic carbocycles. The highest BCUT2D eigenvalue weighted by atomic mass is 32.1. The van der Waals surface area contributed by atoms with Crippen LogP contribution in [0.5, 0.6) is 0 Å². The highest BCUT2D eigenvalue weighted by molar-refractivity contribution is 7.13. The first-order chi connectivity index (χ1) is 6.25. The third-order valence-electron chi connectivity index (χ3n) is 1.50. The lowest BCUT2D eigenvalue weighted by Crippen LogP contribution is -1.82. The molecule has 0 bridgehead atoms. The Kier molecular flexibility index (Phi) is 2.06. The van der Waals surface area contributed by atoms with Gasteiger partial charge in [0.05, 0.1) is 0 Å². The fourth-order valence-corrected chi connectivity index (χ4v) is 1.58. The van der Waals surface area contributed by atoms with Gasteiger partial charge >= 0.3 is 0 Å². The fraction of sp³-hybridized carbons (Fsp3) is 0. The van der Waals surface area contributed by atoms with Crippen LogP contribution in [-0.2, 0) is 0 Å². The standard InChI is InChI=1S/C9H4F2NS/c10-7-3-6(4-8(11)5-7)9-12-1-2-13-9/h2-5H. The van der Waals surface area contributed by atoms with Crippen molar-refractivity contribution in [2.75, 3.05) is 0 Å². The summed E-state index contributed by atoms with van der Waals surface area (Å²) in [7, 11) is 0. The molecule has 0 aliphatic carbocycles. The summed E-state index contributed by atoms with van der Waals surface area (Å²) in [5, 5.41) is 2.21. The molecule has 4 heteroatoms. The molecule has 0 spiro atoms. The number of nitrogens with zero attached hydrogens (tertiary/aromatic N) is 1. The second kappa shape index (κ2) is 3.22. The van der Waals surface area contributed by atoms with Crippen LogP contribution in [0.3, 0.4) is 0 Å². The molecule has 0 saturated heterocycles. The minimum absolute atomic E-state index is 0.448. The largest absolute Gasteiger partial charge is 0.234 e. The Bertz CT molecular complexity index is 391. The van der Waals surface area contributed by atoms with E-state index in [0.29, 0.717) is 10.6 Å². The van der Waals surface area contributed by atoms with Crippen molar-refractivity contribution in [2.45, 2.75) is 0 Å². The Morgan fingerprint density at radius 1 is 1.15 bits per heavy atom. The summed E-state index contributed by atoms with van der Waals surface area (Å²) in [6, 6.07) is 3.33. The van der Waals surface area contributed by atoms with E-state index in [1.165, 1.54) is 23.5 Å². The quantitative estimate of drug-likeness (QED) is 0.683.